The number of esters is 1. The Morgan fingerprint density at radius 2 is 2.14 bits per heavy atom. The molecule has 0 radical (unpaired) electrons. The van der Waals surface area contributed by atoms with Crippen LogP contribution >= 0.6 is 0 Å². The van der Waals surface area contributed by atoms with Gasteiger partial charge in [0, 0.05) is 0 Å². The average molecular weight is 385 g/mol. The summed E-state index contributed by atoms with van der Waals surface area (Å²) < 4.78 is 7.35. The van der Waals surface area contributed by atoms with Crippen LogP contribution < -0.4 is 5.69 Å². The van der Waals surface area contributed by atoms with E-state index in [4.69, 9.17) is 22.4 Å². The molecule has 8 nitrogen and oxygen atoms in total. The van der Waals surface area contributed by atoms with E-state index in [2.05, 4.69) is 17.0 Å². The highest BCUT2D eigenvalue weighted by Crippen LogP contribution is 2.59. The lowest BCUT2D eigenvalue weighted by atomic mass is 10.1. The van der Waals surface area contributed by atoms with Gasteiger partial charge in [0.25, 0.3) is 0 Å². The highest BCUT2D eigenvalue weighted by molar-refractivity contribution is 5.81. The maximum atomic E-state index is 12.5. The summed E-state index contributed by atoms with van der Waals surface area (Å²) in [6.45, 7) is 5.46. The number of hydrogen-bond acceptors (Lipinski definition) is 6. The lowest BCUT2D eigenvalue weighted by Gasteiger charge is -2.06. The monoisotopic (exact) mass is 385 g/mol. The van der Waals surface area contributed by atoms with Crippen molar-refractivity contribution < 1.29 is 19.5 Å². The van der Waals surface area contributed by atoms with E-state index in [-0.39, 0.29) is 43.0 Å². The van der Waals surface area contributed by atoms with E-state index in [1.807, 2.05) is 26.8 Å². The number of carbonyl (C=O) groups is 1. The molecule has 1 aliphatic carbocycles. The maximum Gasteiger partial charge on any atom is 0.334 e. The second-order valence-corrected chi connectivity index (χ2v) is 7.07. The molecule has 8 heteroatoms. The molecule has 2 atom stereocenters. The molecule has 2 unspecified atom stereocenters. The summed E-state index contributed by atoms with van der Waals surface area (Å²) in [7, 11) is 0. The van der Waals surface area contributed by atoms with Crippen LogP contribution in [0.4, 0.5) is 0 Å². The van der Waals surface area contributed by atoms with Gasteiger partial charge in [-0.15, -0.1) is 12.8 Å². The van der Waals surface area contributed by atoms with Crippen molar-refractivity contribution in [1.82, 2.24) is 9.13 Å². The molecule has 0 bridgehead atoms. The van der Waals surface area contributed by atoms with Crippen LogP contribution in [0.25, 0.3) is 0 Å². The van der Waals surface area contributed by atoms with E-state index in [1.54, 1.807) is 0 Å². The lowest BCUT2D eigenvalue weighted by molar-refractivity contribution is -0.150. The van der Waals surface area contributed by atoms with E-state index < -0.39 is 11.7 Å². The Kier molecular flexibility index (Phi) is 6.37. The molecule has 1 fully saturated rings. The van der Waals surface area contributed by atoms with E-state index in [0.717, 1.165) is 14.7 Å². The van der Waals surface area contributed by atoms with Crippen molar-refractivity contribution in [3.63, 3.8) is 0 Å². The molecular formula is C20H23N3O5. The van der Waals surface area contributed by atoms with Crippen LogP contribution in [0.5, 0.6) is 5.88 Å². The number of oxime groups is 1. The number of ether oxygens (including phenoxy) is 1. The minimum absolute atomic E-state index is 0.0156. The van der Waals surface area contributed by atoms with Gasteiger partial charge in [-0.2, -0.15) is 0 Å². The highest BCUT2D eigenvalue weighted by Gasteiger charge is 2.61. The number of imidazole rings is 1. The molecule has 0 aromatic carbocycles. The number of aromatic hydroxyl groups is 1. The summed E-state index contributed by atoms with van der Waals surface area (Å²) >= 11 is 0. The molecule has 1 N–H and O–H groups in total. The number of nitrogens with zero attached hydrogens (tertiary/aromatic N) is 3. The summed E-state index contributed by atoms with van der Waals surface area (Å²) in [5.74, 6) is 3.43. The molecular weight excluding hydrogens is 362 g/mol. The number of terminal acetylenes is 2. The van der Waals surface area contributed by atoms with E-state index >= 15 is 0 Å². The van der Waals surface area contributed by atoms with Crippen molar-refractivity contribution in [2.75, 3.05) is 6.61 Å². The van der Waals surface area contributed by atoms with Gasteiger partial charge < -0.3 is 14.7 Å². The quantitative estimate of drug-likeness (QED) is 0.240. The first-order chi connectivity index (χ1) is 13.2. The third kappa shape index (κ3) is 4.47. The van der Waals surface area contributed by atoms with Gasteiger partial charge in [-0.05, 0) is 23.8 Å². The number of rotatable bonds is 8. The molecule has 0 saturated heterocycles. The zero-order chi connectivity index (χ0) is 20.9. The van der Waals surface area contributed by atoms with Crippen LogP contribution in [0.1, 0.15) is 20.8 Å². The molecule has 0 aliphatic heterocycles. The van der Waals surface area contributed by atoms with Crippen LogP contribution in [-0.4, -0.2) is 33.0 Å². The molecule has 1 aromatic rings. The zero-order valence-corrected chi connectivity index (χ0v) is 16.1. The SMILES string of the molecule is C#CCON=CC(C)=CC1C(C(=O)OCn2c(O)cn(CC#C)c2=O)C1(C)C. The summed E-state index contributed by atoms with van der Waals surface area (Å²) in [5.41, 5.74) is -0.0201. The average Bonchev–Trinajstić information content (AvgIpc) is 3.05. The fourth-order valence-electron chi connectivity index (χ4n) is 3.03. The zero-order valence-electron chi connectivity index (χ0n) is 16.1. The number of hydrogen-bond donors (Lipinski definition) is 1. The molecule has 1 aliphatic rings. The fraction of sp³-hybridized carbons (Fsp3) is 0.450. The fourth-order valence-corrected chi connectivity index (χ4v) is 3.03. The van der Waals surface area contributed by atoms with Gasteiger partial charge in [0.1, 0.15) is 0 Å². The molecule has 148 valence electrons. The standard InChI is InChI=1S/C20H23N3O5/c1-6-8-22-12-16(24)23(19(22)26)13-27-18(25)17-15(20(17,4)5)10-14(3)11-21-28-9-7-2/h1-2,10-12,15,17,24H,8-9,13H2,3-5H3. The Bertz CT molecular complexity index is 937. The Hall–Kier alpha value is -3.39. The Morgan fingerprint density at radius 1 is 1.43 bits per heavy atom. The Balaban J connectivity index is 2.00. The van der Waals surface area contributed by atoms with E-state index in [9.17, 15) is 14.7 Å². The van der Waals surface area contributed by atoms with Crippen LogP contribution in [0.2, 0.25) is 0 Å². The topological polar surface area (TPSA) is 95.0 Å². The highest BCUT2D eigenvalue weighted by atomic mass is 16.6. The van der Waals surface area contributed by atoms with E-state index in [0.29, 0.717) is 0 Å². The molecule has 2 rings (SSSR count). The van der Waals surface area contributed by atoms with Crippen LogP contribution in [0, 0.1) is 41.9 Å². The first kappa shape index (κ1) is 20.9. The van der Waals surface area contributed by atoms with Gasteiger partial charge in [-0.25, -0.2) is 9.36 Å². The van der Waals surface area contributed by atoms with Gasteiger partial charge >= 0.3 is 11.7 Å². The van der Waals surface area contributed by atoms with Crippen molar-refractivity contribution in [3.05, 3.63) is 28.3 Å². The van der Waals surface area contributed by atoms with Gasteiger partial charge in [0.15, 0.2) is 13.3 Å². The van der Waals surface area contributed by atoms with Gasteiger partial charge in [-0.3, -0.25) is 9.36 Å². The van der Waals surface area contributed by atoms with Crippen molar-refractivity contribution in [2.45, 2.75) is 34.0 Å². The summed E-state index contributed by atoms with van der Waals surface area (Å²) in [6, 6.07) is 0. The van der Waals surface area contributed by atoms with Crippen molar-refractivity contribution in [3.8, 4) is 30.6 Å². The van der Waals surface area contributed by atoms with Gasteiger partial charge in [0.05, 0.1) is 24.9 Å². The molecule has 28 heavy (non-hydrogen) atoms. The van der Waals surface area contributed by atoms with Crippen molar-refractivity contribution in [1.29, 1.82) is 0 Å². The predicted octanol–water partition coefficient (Wildman–Crippen LogP) is 1.34. The van der Waals surface area contributed by atoms with Crippen molar-refractivity contribution in [2.24, 2.45) is 22.4 Å². The molecule has 1 aromatic heterocycles. The smallest absolute Gasteiger partial charge is 0.334 e. The van der Waals surface area contributed by atoms with Crippen LogP contribution in [0.15, 0.2) is 27.8 Å². The summed E-state index contributed by atoms with van der Waals surface area (Å²) in [5, 5.41) is 13.6. The maximum absolute atomic E-state index is 12.5. The third-order valence-corrected chi connectivity index (χ3v) is 4.71. The Labute approximate surface area is 163 Å². The largest absolute Gasteiger partial charge is 0.493 e. The molecule has 1 heterocycles. The molecule has 0 spiro atoms. The van der Waals surface area contributed by atoms with Gasteiger partial charge in [0.2, 0.25) is 5.88 Å². The lowest BCUT2D eigenvalue weighted by Crippen LogP contribution is -2.26. The first-order valence-corrected chi connectivity index (χ1v) is 8.60. The first-order valence-electron chi connectivity index (χ1n) is 8.60. The normalized spacial score (nSPS) is 20.4. The van der Waals surface area contributed by atoms with Gasteiger partial charge in [-0.1, -0.05) is 36.9 Å². The predicted molar refractivity (Wildman–Crippen MR) is 103 cm³/mol. The van der Waals surface area contributed by atoms with Crippen molar-refractivity contribution >= 4 is 12.2 Å². The third-order valence-electron chi connectivity index (χ3n) is 4.71. The van der Waals surface area contributed by atoms with Crippen LogP contribution in [0.3, 0.4) is 0 Å². The second kappa shape index (κ2) is 8.53. The summed E-state index contributed by atoms with van der Waals surface area (Å²) in [6.07, 6.45) is 14.9. The minimum Gasteiger partial charge on any atom is -0.493 e. The minimum atomic E-state index is -0.547. The Morgan fingerprint density at radius 3 is 2.79 bits per heavy atom. The second-order valence-electron chi connectivity index (χ2n) is 7.07. The summed E-state index contributed by atoms with van der Waals surface area (Å²) in [4.78, 5) is 29.4. The number of aromatic nitrogens is 2. The molecule has 0 amide bonds. The number of carbonyl (C=O) groups excluding carboxylic acids is 1. The molecule has 1 saturated carbocycles. The van der Waals surface area contributed by atoms with E-state index in [1.165, 1.54) is 12.4 Å². The van der Waals surface area contributed by atoms with Crippen LogP contribution in [-0.2, 0) is 27.6 Å². The number of allylic oxidation sites excluding steroid dienone is 2.